The maximum absolute atomic E-state index is 12.7. The van der Waals surface area contributed by atoms with Gasteiger partial charge in [0.2, 0.25) is 17.7 Å². The van der Waals surface area contributed by atoms with Gasteiger partial charge in [0, 0.05) is 35.9 Å². The number of fused-ring (bicyclic) bond motifs is 2. The molecule has 37 heavy (non-hydrogen) atoms. The molecule has 2 fully saturated rings. The van der Waals surface area contributed by atoms with E-state index in [0.29, 0.717) is 36.1 Å². The van der Waals surface area contributed by atoms with E-state index in [2.05, 4.69) is 25.5 Å². The molecule has 0 unspecified atom stereocenters. The molecule has 3 aromatic rings. The van der Waals surface area contributed by atoms with Gasteiger partial charge in [-0.15, -0.1) is 11.8 Å². The highest BCUT2D eigenvalue weighted by Gasteiger charge is 2.36. The lowest BCUT2D eigenvalue weighted by Gasteiger charge is -2.41. The van der Waals surface area contributed by atoms with Crippen molar-refractivity contribution in [2.75, 3.05) is 47.6 Å². The Labute approximate surface area is 216 Å². The molecule has 3 aliphatic rings. The van der Waals surface area contributed by atoms with Crippen molar-refractivity contribution >= 4 is 57.8 Å². The topological polar surface area (TPSA) is 126 Å². The summed E-state index contributed by atoms with van der Waals surface area (Å²) >= 11 is 1.46. The standard InChI is InChI=1S/C25H24N6O5S/c1-35-23-5-3-17-24(29-23)19(6-7-26-17)30-10-14(11-30)27-21(32)9-16-12-31(25(34)36-16)15-2-4-20-18(8-15)28-22(33)13-37-20/h2-8,14,16H,9-13H2,1H3,(H,27,32)(H,28,33)/t16-/m1/s1. The lowest BCUT2D eigenvalue weighted by atomic mass is 10.1. The minimum atomic E-state index is -0.551. The van der Waals surface area contributed by atoms with Gasteiger partial charge in [0.05, 0.1) is 48.8 Å². The first-order chi connectivity index (χ1) is 18.0. The van der Waals surface area contributed by atoms with Gasteiger partial charge in [0.1, 0.15) is 11.6 Å². The number of anilines is 3. The fourth-order valence-corrected chi connectivity index (χ4v) is 5.49. The Morgan fingerprint density at radius 2 is 2.08 bits per heavy atom. The largest absolute Gasteiger partial charge is 0.481 e. The minimum absolute atomic E-state index is 0.0173. The van der Waals surface area contributed by atoms with Crippen LogP contribution in [0.5, 0.6) is 5.88 Å². The number of benzene rings is 1. The average molecular weight is 521 g/mol. The van der Waals surface area contributed by atoms with Gasteiger partial charge in [-0.3, -0.25) is 19.5 Å². The normalized spacial score (nSPS) is 19.2. The van der Waals surface area contributed by atoms with Crippen molar-refractivity contribution in [1.29, 1.82) is 0 Å². The minimum Gasteiger partial charge on any atom is -0.481 e. The first-order valence-electron chi connectivity index (χ1n) is 11.9. The second kappa shape index (κ2) is 9.43. The van der Waals surface area contributed by atoms with Crippen LogP contribution in [0.25, 0.3) is 11.0 Å². The van der Waals surface area contributed by atoms with Gasteiger partial charge in [-0.2, -0.15) is 0 Å². The van der Waals surface area contributed by atoms with E-state index in [1.54, 1.807) is 25.4 Å². The van der Waals surface area contributed by atoms with Crippen molar-refractivity contribution in [3.8, 4) is 5.88 Å². The van der Waals surface area contributed by atoms with Crippen molar-refractivity contribution < 1.29 is 23.9 Å². The number of nitrogens with one attached hydrogen (secondary N) is 2. The van der Waals surface area contributed by atoms with Crippen molar-refractivity contribution in [3.63, 3.8) is 0 Å². The number of carbonyl (C=O) groups excluding carboxylic acids is 3. The smallest absolute Gasteiger partial charge is 0.414 e. The summed E-state index contributed by atoms with van der Waals surface area (Å²) in [6, 6.07) is 11.0. The van der Waals surface area contributed by atoms with E-state index in [0.717, 1.165) is 21.6 Å². The van der Waals surface area contributed by atoms with Gasteiger partial charge in [-0.25, -0.2) is 9.78 Å². The van der Waals surface area contributed by atoms with Crippen LogP contribution in [-0.4, -0.2) is 72.5 Å². The number of pyridine rings is 2. The number of thioether (sulfide) groups is 1. The van der Waals surface area contributed by atoms with Crippen LogP contribution in [0.3, 0.4) is 0 Å². The lowest BCUT2D eigenvalue weighted by Crippen LogP contribution is -2.59. The van der Waals surface area contributed by atoms with E-state index in [4.69, 9.17) is 9.47 Å². The number of nitrogens with zero attached hydrogens (tertiary/aromatic N) is 4. The fraction of sp³-hybridized carbons (Fsp3) is 0.320. The highest BCUT2D eigenvalue weighted by Crippen LogP contribution is 2.36. The average Bonchev–Trinajstić information content (AvgIpc) is 3.24. The van der Waals surface area contributed by atoms with Crippen LogP contribution in [0, 0.1) is 0 Å². The molecule has 2 N–H and O–H groups in total. The van der Waals surface area contributed by atoms with Gasteiger partial charge in [-0.1, -0.05) is 0 Å². The summed E-state index contributed by atoms with van der Waals surface area (Å²) in [7, 11) is 1.58. The summed E-state index contributed by atoms with van der Waals surface area (Å²) in [6.07, 6.45) is 0.764. The molecule has 5 heterocycles. The molecule has 11 nitrogen and oxygen atoms in total. The third kappa shape index (κ3) is 4.59. The molecule has 2 aromatic heterocycles. The number of aromatic nitrogens is 2. The molecule has 0 bridgehead atoms. The van der Waals surface area contributed by atoms with Crippen molar-refractivity contribution in [1.82, 2.24) is 15.3 Å². The van der Waals surface area contributed by atoms with E-state index in [1.165, 1.54) is 16.7 Å². The molecule has 0 saturated carbocycles. The molecule has 12 heteroatoms. The zero-order chi connectivity index (χ0) is 25.5. The number of rotatable bonds is 6. The molecule has 3 amide bonds. The van der Waals surface area contributed by atoms with Crippen LogP contribution < -0.4 is 25.2 Å². The third-order valence-corrected chi connectivity index (χ3v) is 7.60. The van der Waals surface area contributed by atoms with Gasteiger partial charge in [0.25, 0.3) is 0 Å². The van der Waals surface area contributed by atoms with Crippen molar-refractivity contribution in [2.45, 2.75) is 23.5 Å². The van der Waals surface area contributed by atoms with E-state index >= 15 is 0 Å². The van der Waals surface area contributed by atoms with E-state index in [-0.39, 0.29) is 30.8 Å². The quantitative estimate of drug-likeness (QED) is 0.504. The summed E-state index contributed by atoms with van der Waals surface area (Å²) in [5.41, 5.74) is 3.77. The summed E-state index contributed by atoms with van der Waals surface area (Å²) in [5.74, 6) is 0.652. The van der Waals surface area contributed by atoms with Crippen LogP contribution in [-0.2, 0) is 14.3 Å². The second-order valence-corrected chi connectivity index (χ2v) is 10.1. The van der Waals surface area contributed by atoms with E-state index in [9.17, 15) is 14.4 Å². The number of cyclic esters (lactones) is 1. The maximum atomic E-state index is 12.7. The summed E-state index contributed by atoms with van der Waals surface area (Å²) in [4.78, 5) is 50.4. The number of amides is 3. The Kier molecular flexibility index (Phi) is 5.95. The molecule has 2 saturated heterocycles. The van der Waals surface area contributed by atoms with Gasteiger partial charge >= 0.3 is 6.09 Å². The second-order valence-electron chi connectivity index (χ2n) is 9.06. The third-order valence-electron chi connectivity index (χ3n) is 6.53. The van der Waals surface area contributed by atoms with Gasteiger partial charge in [0.15, 0.2) is 0 Å². The zero-order valence-corrected chi connectivity index (χ0v) is 20.8. The summed E-state index contributed by atoms with van der Waals surface area (Å²) in [6.45, 7) is 1.54. The van der Waals surface area contributed by atoms with Crippen LogP contribution in [0.1, 0.15) is 6.42 Å². The Balaban J connectivity index is 1.04. The van der Waals surface area contributed by atoms with Gasteiger partial charge < -0.3 is 25.0 Å². The fourth-order valence-electron chi connectivity index (χ4n) is 4.70. The van der Waals surface area contributed by atoms with Crippen molar-refractivity contribution in [3.05, 3.63) is 42.6 Å². The lowest BCUT2D eigenvalue weighted by molar-refractivity contribution is -0.123. The molecule has 0 spiro atoms. The molecule has 0 aliphatic carbocycles. The predicted octanol–water partition coefficient (Wildman–Crippen LogP) is 2.40. The van der Waals surface area contributed by atoms with Crippen LogP contribution in [0.15, 0.2) is 47.5 Å². The Morgan fingerprint density at radius 3 is 2.92 bits per heavy atom. The SMILES string of the molecule is COc1ccc2nccc(N3CC(NC(=O)C[C@@H]4CN(c5ccc6c(c5)NC(=O)CS6)C(=O)O4)C3)c2n1. The monoisotopic (exact) mass is 520 g/mol. The summed E-state index contributed by atoms with van der Waals surface area (Å²) < 4.78 is 10.7. The highest BCUT2D eigenvalue weighted by atomic mass is 32.2. The molecule has 190 valence electrons. The molecule has 1 atom stereocenters. The van der Waals surface area contributed by atoms with E-state index < -0.39 is 12.2 Å². The molecule has 6 rings (SSSR count). The number of ether oxygens (including phenoxy) is 2. The van der Waals surface area contributed by atoms with Crippen molar-refractivity contribution in [2.24, 2.45) is 0 Å². The molecular formula is C25H24N6O5S. The van der Waals surface area contributed by atoms with Crippen LogP contribution in [0.4, 0.5) is 21.9 Å². The predicted molar refractivity (Wildman–Crippen MR) is 138 cm³/mol. The molecule has 3 aliphatic heterocycles. The molecule has 1 aromatic carbocycles. The Morgan fingerprint density at radius 1 is 1.22 bits per heavy atom. The van der Waals surface area contributed by atoms with E-state index in [1.807, 2.05) is 24.3 Å². The van der Waals surface area contributed by atoms with Crippen LogP contribution in [0.2, 0.25) is 0 Å². The number of hydrogen-bond donors (Lipinski definition) is 2. The first kappa shape index (κ1) is 23.3. The number of hydrogen-bond acceptors (Lipinski definition) is 9. The molecule has 0 radical (unpaired) electrons. The Hall–Kier alpha value is -4.06. The van der Waals surface area contributed by atoms with Crippen LogP contribution >= 0.6 is 11.8 Å². The number of carbonyl (C=O) groups is 3. The Bertz CT molecular complexity index is 1410. The zero-order valence-electron chi connectivity index (χ0n) is 20.0. The maximum Gasteiger partial charge on any atom is 0.414 e. The number of methoxy groups -OCH3 is 1. The highest BCUT2D eigenvalue weighted by molar-refractivity contribution is 8.00. The molecular weight excluding hydrogens is 496 g/mol. The van der Waals surface area contributed by atoms with Gasteiger partial charge in [-0.05, 0) is 30.3 Å². The first-order valence-corrected chi connectivity index (χ1v) is 12.8. The summed E-state index contributed by atoms with van der Waals surface area (Å²) in [5, 5.41) is 5.85.